The molecular formula is C22H19ClNO6-. The molecule has 156 valence electrons. The summed E-state index contributed by atoms with van der Waals surface area (Å²) in [4.78, 5) is 35.4. The van der Waals surface area contributed by atoms with Gasteiger partial charge in [0.05, 0.1) is 12.0 Å². The minimum atomic E-state index is -1.41. The summed E-state index contributed by atoms with van der Waals surface area (Å²) in [5, 5.41) is 15.1. The van der Waals surface area contributed by atoms with Crippen LogP contribution in [0.3, 0.4) is 0 Å². The summed E-state index contributed by atoms with van der Waals surface area (Å²) in [6.45, 7) is 3.10. The van der Waals surface area contributed by atoms with Crippen molar-refractivity contribution in [2.75, 3.05) is 6.61 Å². The van der Waals surface area contributed by atoms with E-state index in [1.165, 1.54) is 6.07 Å². The molecule has 1 heterocycles. The number of rotatable bonds is 7. The smallest absolute Gasteiger partial charge is 0.339 e. The number of benzene rings is 2. The molecule has 0 aliphatic heterocycles. The van der Waals surface area contributed by atoms with Crippen molar-refractivity contribution in [3.05, 3.63) is 74.6 Å². The highest BCUT2D eigenvalue weighted by Gasteiger charge is 2.15. The van der Waals surface area contributed by atoms with Gasteiger partial charge in [0.1, 0.15) is 11.3 Å². The number of carbonyl (C=O) groups excluding carboxylic acids is 2. The molecule has 0 saturated carbocycles. The number of hydrogen-bond donors (Lipinski definition) is 1. The van der Waals surface area contributed by atoms with Crippen LogP contribution < -0.4 is 20.8 Å². The van der Waals surface area contributed by atoms with Crippen molar-refractivity contribution in [3.8, 4) is 5.75 Å². The zero-order chi connectivity index (χ0) is 21.8. The molecule has 8 heteroatoms. The van der Waals surface area contributed by atoms with Crippen LogP contribution in [0.5, 0.6) is 5.75 Å². The van der Waals surface area contributed by atoms with Gasteiger partial charge in [-0.25, -0.2) is 4.79 Å². The van der Waals surface area contributed by atoms with E-state index in [9.17, 15) is 19.5 Å². The van der Waals surface area contributed by atoms with Gasteiger partial charge in [0.15, 0.2) is 6.61 Å². The lowest BCUT2D eigenvalue weighted by Gasteiger charge is -2.20. The second-order valence-electron chi connectivity index (χ2n) is 6.86. The van der Waals surface area contributed by atoms with Crippen molar-refractivity contribution in [2.45, 2.75) is 26.3 Å². The van der Waals surface area contributed by atoms with E-state index in [1.807, 2.05) is 6.92 Å². The van der Waals surface area contributed by atoms with Gasteiger partial charge in [-0.2, -0.15) is 0 Å². The van der Waals surface area contributed by atoms with E-state index in [0.29, 0.717) is 27.5 Å². The lowest BCUT2D eigenvalue weighted by molar-refractivity contribution is -0.308. The normalized spacial score (nSPS) is 11.8. The molecule has 0 aliphatic rings. The SMILES string of the molecule is Cc1c(C)c2ccc(OCC(=O)N[C@H](Cc3ccc(Cl)cc3)C(=O)[O-])cc2oc1=O. The first-order valence-corrected chi connectivity index (χ1v) is 9.54. The zero-order valence-electron chi connectivity index (χ0n) is 16.4. The van der Waals surface area contributed by atoms with Gasteiger partial charge < -0.3 is 24.4 Å². The number of carboxylic acids is 1. The second kappa shape index (κ2) is 9.00. The molecular weight excluding hydrogens is 410 g/mol. The lowest BCUT2D eigenvalue weighted by atomic mass is 10.1. The van der Waals surface area contributed by atoms with Crippen LogP contribution >= 0.6 is 11.6 Å². The van der Waals surface area contributed by atoms with E-state index < -0.39 is 30.2 Å². The summed E-state index contributed by atoms with van der Waals surface area (Å²) in [6.07, 6.45) is 0.0466. The molecule has 0 radical (unpaired) electrons. The molecule has 0 bridgehead atoms. The van der Waals surface area contributed by atoms with Gasteiger partial charge in [-0.15, -0.1) is 0 Å². The van der Waals surface area contributed by atoms with Gasteiger partial charge >= 0.3 is 5.63 Å². The van der Waals surface area contributed by atoms with Gasteiger partial charge in [-0.05, 0) is 55.7 Å². The quantitative estimate of drug-likeness (QED) is 0.576. The highest BCUT2D eigenvalue weighted by molar-refractivity contribution is 6.30. The van der Waals surface area contributed by atoms with Crippen LogP contribution in [0.1, 0.15) is 16.7 Å². The predicted octanol–water partition coefficient (Wildman–Crippen LogP) is 1.92. The largest absolute Gasteiger partial charge is 0.548 e. The molecule has 7 nitrogen and oxygen atoms in total. The van der Waals surface area contributed by atoms with Crippen molar-refractivity contribution >= 4 is 34.4 Å². The Morgan fingerprint density at radius 1 is 1.13 bits per heavy atom. The molecule has 3 rings (SSSR count). The molecule has 0 aliphatic carbocycles. The Morgan fingerprint density at radius 2 is 1.83 bits per heavy atom. The van der Waals surface area contributed by atoms with E-state index in [-0.39, 0.29) is 6.42 Å². The predicted molar refractivity (Wildman–Crippen MR) is 110 cm³/mol. The van der Waals surface area contributed by atoms with E-state index in [0.717, 1.165) is 10.9 Å². The van der Waals surface area contributed by atoms with Gasteiger partial charge in [-0.3, -0.25) is 4.79 Å². The maximum Gasteiger partial charge on any atom is 0.339 e. The Balaban J connectivity index is 1.65. The van der Waals surface area contributed by atoms with Crippen LogP contribution in [-0.4, -0.2) is 24.5 Å². The number of carbonyl (C=O) groups is 2. The summed E-state index contributed by atoms with van der Waals surface area (Å²) in [6, 6.07) is 10.3. The number of hydrogen-bond acceptors (Lipinski definition) is 6. The fraction of sp³-hybridized carbons (Fsp3) is 0.227. The second-order valence-corrected chi connectivity index (χ2v) is 7.29. The molecule has 0 fully saturated rings. The summed E-state index contributed by atoms with van der Waals surface area (Å²) < 4.78 is 10.7. The maximum absolute atomic E-state index is 12.2. The summed E-state index contributed by atoms with van der Waals surface area (Å²) in [5.41, 5.74) is 1.93. The van der Waals surface area contributed by atoms with Crippen molar-refractivity contribution in [3.63, 3.8) is 0 Å². The molecule has 0 saturated heterocycles. The molecule has 3 aromatic rings. The Bertz CT molecular complexity index is 1150. The Kier molecular flexibility index (Phi) is 6.42. The van der Waals surface area contributed by atoms with Crippen LogP contribution in [0, 0.1) is 13.8 Å². The monoisotopic (exact) mass is 428 g/mol. The fourth-order valence-electron chi connectivity index (χ4n) is 2.95. The Morgan fingerprint density at radius 3 is 2.50 bits per heavy atom. The minimum Gasteiger partial charge on any atom is -0.548 e. The third-order valence-electron chi connectivity index (χ3n) is 4.77. The van der Waals surface area contributed by atoms with Gasteiger partial charge in [0.25, 0.3) is 5.91 Å². The molecule has 2 aromatic carbocycles. The van der Waals surface area contributed by atoms with Crippen LogP contribution in [0.2, 0.25) is 5.02 Å². The first-order valence-electron chi connectivity index (χ1n) is 9.16. The van der Waals surface area contributed by atoms with E-state index in [1.54, 1.807) is 43.3 Å². The van der Waals surface area contributed by atoms with Crippen molar-refractivity contribution in [2.24, 2.45) is 0 Å². The van der Waals surface area contributed by atoms with Crippen LogP contribution in [0.4, 0.5) is 0 Å². The van der Waals surface area contributed by atoms with Gasteiger partial charge in [0.2, 0.25) is 0 Å². The number of carboxylic acid groups (broad SMARTS) is 1. The van der Waals surface area contributed by atoms with Crippen molar-refractivity contribution in [1.29, 1.82) is 0 Å². The number of aliphatic carboxylic acids is 1. The molecule has 0 spiro atoms. The van der Waals surface area contributed by atoms with E-state index in [4.69, 9.17) is 20.8 Å². The fourth-order valence-corrected chi connectivity index (χ4v) is 3.08. The average molecular weight is 429 g/mol. The van der Waals surface area contributed by atoms with Crippen molar-refractivity contribution < 1.29 is 23.8 Å². The highest BCUT2D eigenvalue weighted by Crippen LogP contribution is 2.23. The number of ether oxygens (including phenoxy) is 1. The number of aryl methyl sites for hydroxylation is 1. The lowest BCUT2D eigenvalue weighted by Crippen LogP contribution is -2.50. The molecule has 1 aromatic heterocycles. The highest BCUT2D eigenvalue weighted by atomic mass is 35.5. The minimum absolute atomic E-state index is 0.0466. The third-order valence-corrected chi connectivity index (χ3v) is 5.02. The maximum atomic E-state index is 12.2. The van der Waals surface area contributed by atoms with Gasteiger partial charge in [0, 0.05) is 22.0 Å². The topological polar surface area (TPSA) is 109 Å². The van der Waals surface area contributed by atoms with Gasteiger partial charge in [-0.1, -0.05) is 23.7 Å². The van der Waals surface area contributed by atoms with E-state index in [2.05, 4.69) is 5.32 Å². The molecule has 1 N–H and O–H groups in total. The third kappa shape index (κ3) is 4.99. The van der Waals surface area contributed by atoms with Crippen molar-refractivity contribution in [1.82, 2.24) is 5.32 Å². The Labute approximate surface area is 177 Å². The summed E-state index contributed by atoms with van der Waals surface area (Å²) in [7, 11) is 0. The number of nitrogens with one attached hydrogen (secondary N) is 1. The first kappa shape index (κ1) is 21.4. The zero-order valence-corrected chi connectivity index (χ0v) is 17.1. The number of halogens is 1. The molecule has 1 amide bonds. The van der Waals surface area contributed by atoms with E-state index >= 15 is 0 Å². The molecule has 1 atom stereocenters. The van der Waals surface area contributed by atoms with Crippen LogP contribution in [-0.2, 0) is 16.0 Å². The van der Waals surface area contributed by atoms with Crippen LogP contribution in [0.25, 0.3) is 11.0 Å². The standard InChI is InChI=1S/C22H20ClNO6/c1-12-13(2)22(28)30-19-10-16(7-8-17(12)19)29-11-20(25)24-18(21(26)27)9-14-3-5-15(23)6-4-14/h3-8,10,18H,9,11H2,1-2H3,(H,24,25)(H,26,27)/p-1/t18-/m1/s1. The average Bonchev–Trinajstić information content (AvgIpc) is 2.71. The van der Waals surface area contributed by atoms with Crippen LogP contribution in [0.15, 0.2) is 51.7 Å². The Hall–Kier alpha value is -3.32. The first-order chi connectivity index (χ1) is 14.2. The number of amides is 1. The summed E-state index contributed by atoms with van der Waals surface area (Å²) >= 11 is 5.82. The summed E-state index contributed by atoms with van der Waals surface area (Å²) in [5.74, 6) is -1.72. The number of fused-ring (bicyclic) bond motifs is 1. The molecule has 30 heavy (non-hydrogen) atoms. The molecule has 0 unspecified atom stereocenters.